The fourth-order valence-corrected chi connectivity index (χ4v) is 21.7. The van der Waals surface area contributed by atoms with Crippen LogP contribution in [0.5, 0.6) is 23.0 Å². The first-order valence-electron chi connectivity index (χ1n) is 26.9. The van der Waals surface area contributed by atoms with E-state index in [2.05, 4.69) is 274 Å². The first-order chi connectivity index (χ1) is 38.7. The fraction of sp³-hybridized carbons (Fsp3) is 0. The van der Waals surface area contributed by atoms with Crippen LogP contribution in [0.15, 0.2) is 255 Å². The fourth-order valence-electron chi connectivity index (χ4n) is 14.1. The maximum absolute atomic E-state index is 7.58. The average molecular weight is 1030 g/mol. The summed E-state index contributed by atoms with van der Waals surface area (Å²) in [5, 5.41) is 10.3. The molecule has 18 rings (SSSR count). The van der Waals surface area contributed by atoms with Crippen molar-refractivity contribution in [2.45, 2.75) is 0 Å². The molecular formula is C70H44N4O2Si2. The summed E-state index contributed by atoms with van der Waals surface area (Å²) in [6.45, 7) is 0. The minimum absolute atomic E-state index is 0.934. The van der Waals surface area contributed by atoms with Gasteiger partial charge >= 0.3 is 0 Å². The van der Waals surface area contributed by atoms with Gasteiger partial charge in [0.2, 0.25) is 0 Å². The highest BCUT2D eigenvalue weighted by atomic mass is 28.3. The standard InChI is InChI=1S/C70H44N4O2Si2/c1-7-21-43(22-8-1)45-37-55-65-57(39-45)73(49-29-15-5-16-30-49)63-51-41-62-70-64(52(51)42-61-69(63)77(65)67-53(33-19-35-59(67)75-61)71(55)47-25-11-3-12-26-47)74(50-31-17-6-18-32-50)58-40-46(44-23-9-2-10-24-44)38-56-66(58)78(70)68-54(34-20-36-60(68)76-62)72(56)48-27-13-4-14-28-48/h1-42,77-78H. The molecule has 0 N–H and O–H groups in total. The molecule has 6 aliphatic rings. The Morgan fingerprint density at radius 1 is 0.231 bits per heavy atom. The van der Waals surface area contributed by atoms with Crippen LogP contribution in [0.25, 0.3) is 33.0 Å². The largest absolute Gasteiger partial charge is 0.457 e. The number of hydrogen-bond acceptors (Lipinski definition) is 6. The number of rotatable bonds is 6. The summed E-state index contributed by atoms with van der Waals surface area (Å²) in [7, 11) is -4.69. The van der Waals surface area contributed by atoms with Gasteiger partial charge in [-0.2, -0.15) is 0 Å². The van der Waals surface area contributed by atoms with Crippen molar-refractivity contribution in [1.82, 2.24) is 0 Å². The summed E-state index contributed by atoms with van der Waals surface area (Å²) in [6.07, 6.45) is 0. The molecule has 12 aromatic carbocycles. The van der Waals surface area contributed by atoms with Gasteiger partial charge in [0.15, 0.2) is 17.6 Å². The number of fused-ring (bicyclic) bond motifs is 3. The van der Waals surface area contributed by atoms with Gasteiger partial charge in [0.1, 0.15) is 23.0 Å². The Kier molecular flexibility index (Phi) is 8.61. The van der Waals surface area contributed by atoms with Crippen LogP contribution < -0.4 is 60.2 Å². The van der Waals surface area contributed by atoms with Crippen LogP contribution in [0.2, 0.25) is 0 Å². The van der Waals surface area contributed by atoms with E-state index in [0.717, 1.165) is 56.5 Å². The highest BCUT2D eigenvalue weighted by molar-refractivity contribution is 7.03. The highest BCUT2D eigenvalue weighted by Crippen LogP contribution is 2.56. The molecular weight excluding hydrogens is 985 g/mol. The summed E-state index contributed by atoms with van der Waals surface area (Å²) in [5.41, 5.74) is 18.7. The number of ether oxygens (including phenoxy) is 2. The molecule has 2 atom stereocenters. The molecule has 8 heteroatoms. The van der Waals surface area contributed by atoms with Crippen LogP contribution >= 0.6 is 0 Å². The second-order valence-electron chi connectivity index (χ2n) is 21.1. The third-order valence-corrected chi connectivity index (χ3v) is 24.0. The Labute approximate surface area is 454 Å². The number of nitrogens with zero attached hydrogens (tertiary/aromatic N) is 4. The molecule has 0 spiro atoms. The smallest absolute Gasteiger partial charge is 0.153 e. The predicted octanol–water partition coefficient (Wildman–Crippen LogP) is 14.0. The lowest BCUT2D eigenvalue weighted by atomic mass is 9.97. The normalized spacial score (nSPS) is 15.8. The van der Waals surface area contributed by atoms with Crippen molar-refractivity contribution in [3.63, 3.8) is 0 Å². The molecule has 6 aliphatic heterocycles. The van der Waals surface area contributed by atoms with E-state index in [1.807, 2.05) is 0 Å². The molecule has 0 radical (unpaired) electrons. The van der Waals surface area contributed by atoms with E-state index in [-0.39, 0.29) is 0 Å². The highest BCUT2D eigenvalue weighted by Gasteiger charge is 2.52. The summed E-state index contributed by atoms with van der Waals surface area (Å²) in [5.74, 6) is 3.75. The molecule has 6 nitrogen and oxygen atoms in total. The first kappa shape index (κ1) is 42.4. The van der Waals surface area contributed by atoms with E-state index >= 15 is 0 Å². The van der Waals surface area contributed by atoms with Crippen molar-refractivity contribution in [2.75, 3.05) is 19.6 Å². The van der Waals surface area contributed by atoms with Crippen molar-refractivity contribution < 1.29 is 9.47 Å². The van der Waals surface area contributed by atoms with Gasteiger partial charge in [-0.25, -0.2) is 0 Å². The second kappa shape index (κ2) is 15.8. The van der Waals surface area contributed by atoms with Gasteiger partial charge in [-0.15, -0.1) is 0 Å². The zero-order valence-corrected chi connectivity index (χ0v) is 44.3. The van der Waals surface area contributed by atoms with E-state index in [1.165, 1.54) is 98.9 Å². The second-order valence-corrected chi connectivity index (χ2v) is 26.3. The van der Waals surface area contributed by atoms with E-state index in [1.54, 1.807) is 0 Å². The summed E-state index contributed by atoms with van der Waals surface area (Å²) in [6, 6.07) is 93.8. The van der Waals surface area contributed by atoms with Crippen molar-refractivity contribution >= 4 is 128 Å². The Morgan fingerprint density at radius 3 is 0.910 bits per heavy atom. The molecule has 6 heterocycles. The molecule has 78 heavy (non-hydrogen) atoms. The van der Waals surface area contributed by atoms with E-state index in [9.17, 15) is 0 Å². The number of para-hydroxylation sites is 4. The van der Waals surface area contributed by atoms with Crippen LogP contribution in [0, 0.1) is 0 Å². The Hall–Kier alpha value is -9.87. The summed E-state index contributed by atoms with van der Waals surface area (Å²) in [4.78, 5) is 10.2. The summed E-state index contributed by atoms with van der Waals surface area (Å²) < 4.78 is 15.2. The van der Waals surface area contributed by atoms with Crippen molar-refractivity contribution in [3.05, 3.63) is 255 Å². The number of hydrogen-bond donors (Lipinski definition) is 0. The summed E-state index contributed by atoms with van der Waals surface area (Å²) >= 11 is 0. The SMILES string of the molecule is c1ccc(-c2cc3c4c(c2)N(c2ccccc2)c2c5c(cc6c7c8c(cc26)Oc2cccc6c2[SiH]8c2c(cc(-c8ccccc8)cc2N7c2ccccc2)N6c2ccccc2)Oc2cccc(c2[SiH]45)N3c2ccccc2)cc1. The molecule has 0 aliphatic carbocycles. The van der Waals surface area contributed by atoms with Gasteiger partial charge in [0, 0.05) is 88.4 Å². The maximum Gasteiger partial charge on any atom is 0.153 e. The zero-order valence-electron chi connectivity index (χ0n) is 42.0. The number of anilines is 12. The van der Waals surface area contributed by atoms with Gasteiger partial charge in [-0.05, 0) is 142 Å². The molecule has 0 saturated carbocycles. The Morgan fingerprint density at radius 2 is 0.551 bits per heavy atom. The minimum atomic E-state index is -2.34. The first-order valence-corrected chi connectivity index (χ1v) is 30.4. The van der Waals surface area contributed by atoms with Crippen molar-refractivity contribution in [2.24, 2.45) is 0 Å². The van der Waals surface area contributed by atoms with Crippen LogP contribution in [0.4, 0.5) is 68.2 Å². The van der Waals surface area contributed by atoms with Crippen LogP contribution in [-0.4, -0.2) is 17.6 Å². The zero-order chi connectivity index (χ0) is 50.7. The molecule has 0 amide bonds. The van der Waals surface area contributed by atoms with Crippen LogP contribution in [0.1, 0.15) is 0 Å². The lowest BCUT2D eigenvalue weighted by Gasteiger charge is -2.49. The van der Waals surface area contributed by atoms with E-state index < -0.39 is 17.6 Å². The molecule has 364 valence electrons. The Balaban J connectivity index is 0.998. The molecule has 0 aromatic heterocycles. The Bertz CT molecular complexity index is 4240. The third-order valence-electron chi connectivity index (χ3n) is 17.1. The average Bonchev–Trinajstić information content (AvgIpc) is 3.67. The topological polar surface area (TPSA) is 31.4 Å². The van der Waals surface area contributed by atoms with Gasteiger partial charge < -0.3 is 29.1 Å². The quantitative estimate of drug-likeness (QED) is 0.154. The molecule has 12 aromatic rings. The van der Waals surface area contributed by atoms with Gasteiger partial charge in [-0.1, -0.05) is 146 Å². The molecule has 0 saturated heterocycles. The maximum atomic E-state index is 7.58. The van der Waals surface area contributed by atoms with Crippen molar-refractivity contribution in [1.29, 1.82) is 0 Å². The van der Waals surface area contributed by atoms with E-state index in [0.29, 0.717) is 0 Å². The lowest BCUT2D eigenvalue weighted by Crippen LogP contribution is -2.64. The minimum Gasteiger partial charge on any atom is -0.457 e. The van der Waals surface area contributed by atoms with E-state index in [4.69, 9.17) is 9.47 Å². The lowest BCUT2D eigenvalue weighted by molar-refractivity contribution is 0.486. The number of benzene rings is 12. The molecule has 0 bridgehead atoms. The van der Waals surface area contributed by atoms with Gasteiger partial charge in [0.05, 0.1) is 11.4 Å². The van der Waals surface area contributed by atoms with Crippen LogP contribution in [0.3, 0.4) is 0 Å². The van der Waals surface area contributed by atoms with Crippen LogP contribution in [-0.2, 0) is 0 Å². The van der Waals surface area contributed by atoms with Gasteiger partial charge in [-0.3, -0.25) is 0 Å². The van der Waals surface area contributed by atoms with Crippen molar-refractivity contribution in [3.8, 4) is 45.3 Å². The predicted molar refractivity (Wildman–Crippen MR) is 326 cm³/mol. The third kappa shape index (κ3) is 5.69. The molecule has 0 fully saturated rings. The molecule has 2 unspecified atom stereocenters. The van der Waals surface area contributed by atoms with Gasteiger partial charge in [0.25, 0.3) is 0 Å². The monoisotopic (exact) mass is 1030 g/mol.